The number of rotatable bonds is 3. The first-order valence-corrected chi connectivity index (χ1v) is 7.81. The summed E-state index contributed by atoms with van der Waals surface area (Å²) in [6, 6.07) is 11.0. The van der Waals surface area contributed by atoms with Crippen molar-refractivity contribution in [1.29, 1.82) is 0 Å². The second-order valence-electron chi connectivity index (χ2n) is 5.30. The Kier molecular flexibility index (Phi) is 4.82. The fraction of sp³-hybridized carbons (Fsp3) is 0.188. The highest BCUT2D eigenvalue weighted by molar-refractivity contribution is 6.30. The molecule has 0 aromatic heterocycles. The van der Waals surface area contributed by atoms with E-state index in [0.29, 0.717) is 11.4 Å². The molecule has 2 unspecified atom stereocenters. The minimum atomic E-state index is -0.566. The standard InChI is InChI=1S/C16H14Cl2FN3O/c17-10-3-1-2-9(6-10)14-8-15(22-21-14)16(23)20-13-5-4-11(18)7-12(13)19/h1-7,14-15,21-22H,8H2,(H,20,23). The van der Waals surface area contributed by atoms with Gasteiger partial charge in [-0.2, -0.15) is 0 Å². The number of amides is 1. The largest absolute Gasteiger partial charge is 0.322 e. The maximum absolute atomic E-state index is 13.7. The highest BCUT2D eigenvalue weighted by Gasteiger charge is 2.30. The molecule has 0 saturated carbocycles. The van der Waals surface area contributed by atoms with Crippen molar-refractivity contribution >= 4 is 34.8 Å². The third-order valence-corrected chi connectivity index (χ3v) is 4.13. The molecule has 0 radical (unpaired) electrons. The Labute approximate surface area is 142 Å². The lowest BCUT2D eigenvalue weighted by atomic mass is 10.0. The molecule has 1 aliphatic heterocycles. The molecule has 3 rings (SSSR count). The van der Waals surface area contributed by atoms with Gasteiger partial charge in [0, 0.05) is 16.1 Å². The normalized spacial score (nSPS) is 20.5. The molecule has 0 bridgehead atoms. The van der Waals surface area contributed by atoms with Gasteiger partial charge in [0.25, 0.3) is 0 Å². The van der Waals surface area contributed by atoms with E-state index >= 15 is 0 Å². The van der Waals surface area contributed by atoms with Crippen molar-refractivity contribution in [3.05, 3.63) is 63.9 Å². The molecule has 23 heavy (non-hydrogen) atoms. The molecule has 0 spiro atoms. The summed E-state index contributed by atoms with van der Waals surface area (Å²) in [4.78, 5) is 12.3. The maximum atomic E-state index is 13.7. The summed E-state index contributed by atoms with van der Waals surface area (Å²) in [5.41, 5.74) is 7.07. The average Bonchev–Trinajstić information content (AvgIpc) is 3.00. The van der Waals surface area contributed by atoms with Crippen LogP contribution in [0.15, 0.2) is 42.5 Å². The molecule has 2 aromatic carbocycles. The Bertz CT molecular complexity index is 741. The highest BCUT2D eigenvalue weighted by Crippen LogP contribution is 2.25. The molecule has 2 aromatic rings. The number of hydrogen-bond donors (Lipinski definition) is 3. The van der Waals surface area contributed by atoms with Crippen molar-refractivity contribution in [3.8, 4) is 0 Å². The topological polar surface area (TPSA) is 53.2 Å². The monoisotopic (exact) mass is 353 g/mol. The third-order valence-electron chi connectivity index (χ3n) is 3.66. The molecule has 1 aliphatic rings. The Hall–Kier alpha value is -1.66. The van der Waals surface area contributed by atoms with Gasteiger partial charge in [0.2, 0.25) is 5.91 Å². The number of carbonyl (C=O) groups excluding carboxylic acids is 1. The molecule has 3 N–H and O–H groups in total. The summed E-state index contributed by atoms with van der Waals surface area (Å²) < 4.78 is 13.7. The maximum Gasteiger partial charge on any atom is 0.243 e. The van der Waals surface area contributed by atoms with Crippen LogP contribution in [0.2, 0.25) is 10.0 Å². The lowest BCUT2D eigenvalue weighted by molar-refractivity contribution is -0.117. The van der Waals surface area contributed by atoms with Gasteiger partial charge >= 0.3 is 0 Å². The molecule has 0 aliphatic carbocycles. The molecule has 1 heterocycles. The van der Waals surface area contributed by atoms with Gasteiger partial charge in [-0.1, -0.05) is 35.3 Å². The predicted octanol–water partition coefficient (Wildman–Crippen LogP) is 3.68. The molecule has 2 atom stereocenters. The smallest absolute Gasteiger partial charge is 0.243 e. The van der Waals surface area contributed by atoms with E-state index < -0.39 is 11.9 Å². The van der Waals surface area contributed by atoms with Crippen LogP contribution < -0.4 is 16.2 Å². The van der Waals surface area contributed by atoms with Crippen LogP contribution in [0.5, 0.6) is 0 Å². The summed E-state index contributed by atoms with van der Waals surface area (Å²) in [6.45, 7) is 0. The second kappa shape index (κ2) is 6.84. The van der Waals surface area contributed by atoms with Gasteiger partial charge in [-0.15, -0.1) is 0 Å². The third kappa shape index (κ3) is 3.82. The Morgan fingerprint density at radius 1 is 1.13 bits per heavy atom. The quantitative estimate of drug-likeness (QED) is 0.788. The number of nitrogens with one attached hydrogen (secondary N) is 3. The molecule has 7 heteroatoms. The van der Waals surface area contributed by atoms with Crippen molar-refractivity contribution in [2.45, 2.75) is 18.5 Å². The van der Waals surface area contributed by atoms with Crippen LogP contribution in [0, 0.1) is 5.82 Å². The first-order chi connectivity index (χ1) is 11.0. The van der Waals surface area contributed by atoms with E-state index in [1.54, 1.807) is 6.07 Å². The zero-order chi connectivity index (χ0) is 16.4. The zero-order valence-corrected chi connectivity index (χ0v) is 13.5. The molecule has 1 amide bonds. The SMILES string of the molecule is O=C(Nc1ccc(Cl)cc1F)C1CC(c2cccc(Cl)c2)NN1. The van der Waals surface area contributed by atoms with Crippen molar-refractivity contribution < 1.29 is 9.18 Å². The van der Waals surface area contributed by atoms with Crippen molar-refractivity contribution in [2.24, 2.45) is 0 Å². The van der Waals surface area contributed by atoms with E-state index in [4.69, 9.17) is 23.2 Å². The first-order valence-electron chi connectivity index (χ1n) is 7.05. The predicted molar refractivity (Wildman–Crippen MR) is 88.9 cm³/mol. The van der Waals surface area contributed by atoms with Crippen molar-refractivity contribution in [3.63, 3.8) is 0 Å². The van der Waals surface area contributed by atoms with Crippen LogP contribution in [0.1, 0.15) is 18.0 Å². The Balaban J connectivity index is 1.65. The second-order valence-corrected chi connectivity index (χ2v) is 6.17. The number of benzene rings is 2. The highest BCUT2D eigenvalue weighted by atomic mass is 35.5. The van der Waals surface area contributed by atoms with Gasteiger partial charge < -0.3 is 5.32 Å². The fourth-order valence-electron chi connectivity index (χ4n) is 2.48. The number of hydrazine groups is 1. The number of hydrogen-bond acceptors (Lipinski definition) is 3. The fourth-order valence-corrected chi connectivity index (χ4v) is 2.84. The van der Waals surface area contributed by atoms with Gasteiger partial charge in [-0.05, 0) is 42.3 Å². The van der Waals surface area contributed by atoms with Crippen molar-refractivity contribution in [2.75, 3.05) is 5.32 Å². The van der Waals surface area contributed by atoms with Gasteiger partial charge in [-0.3, -0.25) is 4.79 Å². The summed E-state index contributed by atoms with van der Waals surface area (Å²) in [7, 11) is 0. The molecule has 120 valence electrons. The number of halogens is 3. The Morgan fingerprint density at radius 3 is 2.65 bits per heavy atom. The van der Waals surface area contributed by atoms with Crippen LogP contribution in [0.3, 0.4) is 0 Å². The zero-order valence-electron chi connectivity index (χ0n) is 11.9. The molecular weight excluding hydrogens is 340 g/mol. The lowest BCUT2D eigenvalue weighted by Gasteiger charge is -2.11. The number of carbonyl (C=O) groups is 1. The van der Waals surface area contributed by atoms with Gasteiger partial charge in [-0.25, -0.2) is 15.2 Å². The molecular formula is C16H14Cl2FN3O. The number of anilines is 1. The van der Waals surface area contributed by atoms with Gasteiger partial charge in [0.05, 0.1) is 5.69 Å². The van der Waals surface area contributed by atoms with E-state index in [-0.39, 0.29) is 22.7 Å². The van der Waals surface area contributed by atoms with E-state index in [9.17, 15) is 9.18 Å². The summed E-state index contributed by atoms with van der Waals surface area (Å²) >= 11 is 11.7. The minimum absolute atomic E-state index is 0.0421. The van der Waals surface area contributed by atoms with Crippen LogP contribution in [-0.2, 0) is 4.79 Å². The minimum Gasteiger partial charge on any atom is -0.322 e. The Morgan fingerprint density at radius 2 is 1.91 bits per heavy atom. The van der Waals surface area contributed by atoms with Crippen LogP contribution in [0.4, 0.5) is 10.1 Å². The summed E-state index contributed by atoms with van der Waals surface area (Å²) in [5.74, 6) is -0.883. The average molecular weight is 354 g/mol. The molecule has 4 nitrogen and oxygen atoms in total. The molecule has 1 saturated heterocycles. The van der Waals surface area contributed by atoms with Crippen LogP contribution >= 0.6 is 23.2 Å². The van der Waals surface area contributed by atoms with Gasteiger partial charge in [0.15, 0.2) is 0 Å². The van der Waals surface area contributed by atoms with E-state index in [2.05, 4.69) is 16.2 Å². The van der Waals surface area contributed by atoms with Crippen LogP contribution in [-0.4, -0.2) is 11.9 Å². The van der Waals surface area contributed by atoms with E-state index in [1.165, 1.54) is 12.1 Å². The summed E-state index contributed by atoms with van der Waals surface area (Å²) in [5, 5.41) is 3.48. The lowest BCUT2D eigenvalue weighted by Crippen LogP contribution is -2.39. The van der Waals surface area contributed by atoms with E-state index in [1.807, 2.05) is 18.2 Å². The first kappa shape index (κ1) is 16.2. The van der Waals surface area contributed by atoms with Gasteiger partial charge in [0.1, 0.15) is 11.9 Å². The van der Waals surface area contributed by atoms with Crippen molar-refractivity contribution in [1.82, 2.24) is 10.9 Å². The summed E-state index contributed by atoms with van der Waals surface area (Å²) in [6.07, 6.45) is 0.529. The van der Waals surface area contributed by atoms with Crippen LogP contribution in [0.25, 0.3) is 0 Å². The van der Waals surface area contributed by atoms with E-state index in [0.717, 1.165) is 11.6 Å². The molecule has 1 fully saturated rings.